The zero-order chi connectivity index (χ0) is 20.6. The minimum atomic E-state index is -1.00. The summed E-state index contributed by atoms with van der Waals surface area (Å²) in [5.41, 5.74) is 1.44. The molecule has 1 amide bonds. The molecule has 3 rings (SSSR count). The number of rotatable bonds is 11. The molecular formula is C21H27N3O3S2. The predicted octanol–water partition coefficient (Wildman–Crippen LogP) is 3.54. The van der Waals surface area contributed by atoms with Crippen molar-refractivity contribution in [1.29, 1.82) is 0 Å². The van der Waals surface area contributed by atoms with Gasteiger partial charge in [0.2, 0.25) is 5.91 Å². The van der Waals surface area contributed by atoms with Gasteiger partial charge in [-0.25, -0.2) is 9.78 Å². The topological polar surface area (TPSA) is 82.5 Å². The fourth-order valence-electron chi connectivity index (χ4n) is 3.43. The number of aromatic nitrogens is 1. The summed E-state index contributed by atoms with van der Waals surface area (Å²) < 4.78 is 0.734. The van der Waals surface area contributed by atoms with Gasteiger partial charge in [0.05, 0.1) is 0 Å². The summed E-state index contributed by atoms with van der Waals surface area (Å²) in [5.74, 6) is -0.0756. The number of nitrogens with one attached hydrogen (secondary N) is 1. The van der Waals surface area contributed by atoms with Crippen LogP contribution in [0, 0.1) is 0 Å². The van der Waals surface area contributed by atoms with Crippen molar-refractivity contribution in [3.63, 3.8) is 0 Å². The fourth-order valence-corrected chi connectivity index (χ4v) is 5.24. The second-order valence-electron chi connectivity index (χ2n) is 7.27. The van der Waals surface area contributed by atoms with E-state index in [-0.39, 0.29) is 17.6 Å². The summed E-state index contributed by atoms with van der Waals surface area (Å²) in [7, 11) is 0. The maximum Gasteiger partial charge on any atom is 0.355 e. The molecule has 2 heterocycles. The van der Waals surface area contributed by atoms with Crippen LogP contribution in [0.5, 0.6) is 0 Å². The van der Waals surface area contributed by atoms with E-state index in [1.807, 2.05) is 11.0 Å². The Morgan fingerprint density at radius 1 is 1.41 bits per heavy atom. The molecule has 6 nitrogen and oxygen atoms in total. The molecule has 2 N–H and O–H groups in total. The lowest BCUT2D eigenvalue weighted by molar-refractivity contribution is -0.128. The van der Waals surface area contributed by atoms with Crippen LogP contribution >= 0.6 is 23.1 Å². The molecule has 1 aromatic heterocycles. The van der Waals surface area contributed by atoms with E-state index in [9.17, 15) is 9.59 Å². The summed E-state index contributed by atoms with van der Waals surface area (Å²) >= 11 is 2.84. The van der Waals surface area contributed by atoms with Crippen molar-refractivity contribution < 1.29 is 14.7 Å². The van der Waals surface area contributed by atoms with Crippen LogP contribution in [-0.4, -0.2) is 57.8 Å². The first-order chi connectivity index (χ1) is 14.0. The Hall–Kier alpha value is -1.90. The van der Waals surface area contributed by atoms with E-state index in [1.165, 1.54) is 28.7 Å². The van der Waals surface area contributed by atoms with Crippen LogP contribution in [0.2, 0.25) is 0 Å². The molecule has 0 bridgehead atoms. The van der Waals surface area contributed by atoms with Crippen molar-refractivity contribution in [1.82, 2.24) is 15.2 Å². The van der Waals surface area contributed by atoms with Gasteiger partial charge in [0.1, 0.15) is 0 Å². The number of hydrogen-bond acceptors (Lipinski definition) is 6. The molecule has 29 heavy (non-hydrogen) atoms. The summed E-state index contributed by atoms with van der Waals surface area (Å²) in [6.45, 7) is 3.67. The molecule has 2 aromatic rings. The lowest BCUT2D eigenvalue weighted by Crippen LogP contribution is -2.43. The quantitative estimate of drug-likeness (QED) is 0.528. The van der Waals surface area contributed by atoms with Gasteiger partial charge >= 0.3 is 5.97 Å². The molecule has 0 aliphatic carbocycles. The average Bonchev–Trinajstić information content (AvgIpc) is 3.33. The third-order valence-electron chi connectivity index (χ3n) is 5.12. The lowest BCUT2D eigenvalue weighted by atomic mass is 10.1. The number of amides is 1. The maximum absolute atomic E-state index is 12.3. The Morgan fingerprint density at radius 2 is 2.21 bits per heavy atom. The molecule has 1 fully saturated rings. The zero-order valence-electron chi connectivity index (χ0n) is 16.5. The number of hydrogen-bond donors (Lipinski definition) is 2. The highest BCUT2D eigenvalue weighted by molar-refractivity contribution is 8.01. The molecule has 0 spiro atoms. The van der Waals surface area contributed by atoms with Crippen molar-refractivity contribution in [2.45, 2.75) is 49.0 Å². The van der Waals surface area contributed by atoms with E-state index in [2.05, 4.69) is 41.5 Å². The molecule has 156 valence electrons. The molecule has 0 radical (unpaired) electrons. The van der Waals surface area contributed by atoms with Crippen LogP contribution in [0.3, 0.4) is 0 Å². The second-order valence-corrected chi connectivity index (χ2v) is 9.47. The number of aryl methyl sites for hydroxylation is 1. The van der Waals surface area contributed by atoms with E-state index in [0.29, 0.717) is 19.0 Å². The molecule has 1 saturated heterocycles. The van der Waals surface area contributed by atoms with Gasteiger partial charge in [-0.1, -0.05) is 42.1 Å². The fraction of sp³-hybridized carbons (Fsp3) is 0.476. The Balaban J connectivity index is 1.40. The third-order valence-corrected chi connectivity index (χ3v) is 7.12. The molecule has 0 saturated carbocycles. The summed E-state index contributed by atoms with van der Waals surface area (Å²) in [5, 5.41) is 14.1. The number of aromatic carboxylic acids is 1. The van der Waals surface area contributed by atoms with Crippen molar-refractivity contribution in [3.8, 4) is 0 Å². The third kappa shape index (κ3) is 6.55. The molecule has 2 atom stereocenters. The van der Waals surface area contributed by atoms with Crippen LogP contribution < -0.4 is 5.32 Å². The van der Waals surface area contributed by atoms with Crippen molar-refractivity contribution in [2.75, 3.05) is 18.8 Å². The van der Waals surface area contributed by atoms with Crippen LogP contribution in [0.4, 0.5) is 0 Å². The minimum Gasteiger partial charge on any atom is -0.476 e. The molecule has 1 aliphatic heterocycles. The van der Waals surface area contributed by atoms with E-state index in [1.54, 1.807) is 5.38 Å². The van der Waals surface area contributed by atoms with Crippen LogP contribution in [0.15, 0.2) is 40.1 Å². The number of thioether (sulfide) groups is 1. The Labute approximate surface area is 179 Å². The van der Waals surface area contributed by atoms with Crippen LogP contribution in [-0.2, 0) is 11.2 Å². The second kappa shape index (κ2) is 10.8. The molecular weight excluding hydrogens is 406 g/mol. The maximum atomic E-state index is 12.3. The first-order valence-corrected chi connectivity index (χ1v) is 11.8. The smallest absolute Gasteiger partial charge is 0.355 e. The minimum absolute atomic E-state index is 0.0846. The van der Waals surface area contributed by atoms with Crippen LogP contribution in [0.25, 0.3) is 0 Å². The summed E-state index contributed by atoms with van der Waals surface area (Å²) in [6, 6.07) is 11.1. The Bertz CT molecular complexity index is 813. The van der Waals surface area contributed by atoms with Gasteiger partial charge in [0, 0.05) is 42.7 Å². The number of thiazole rings is 1. The number of carbonyl (C=O) groups is 2. The van der Waals surface area contributed by atoms with Crippen molar-refractivity contribution >= 4 is 35.0 Å². The highest BCUT2D eigenvalue weighted by atomic mass is 32.2. The van der Waals surface area contributed by atoms with Crippen molar-refractivity contribution in [3.05, 3.63) is 47.0 Å². The Kier molecular flexibility index (Phi) is 8.09. The van der Waals surface area contributed by atoms with Gasteiger partial charge in [-0.15, -0.1) is 11.3 Å². The lowest BCUT2D eigenvalue weighted by Gasteiger charge is -2.26. The number of carbonyl (C=O) groups excluding carboxylic acids is 1. The van der Waals surface area contributed by atoms with Gasteiger partial charge < -0.3 is 15.3 Å². The first kappa shape index (κ1) is 21.8. The standard InChI is InChI=1S/C21H27N3O3S2/c1-15(7-8-16-5-3-2-4-6-16)22-13-17-9-10-19(25)24(17)11-12-28-21-23-18(14-29-21)20(26)27/h2-6,14-15,17,22H,7-13H2,1H3,(H,26,27). The molecule has 8 heteroatoms. The number of carboxylic acid groups (broad SMARTS) is 1. The van der Waals surface area contributed by atoms with E-state index < -0.39 is 5.97 Å². The highest BCUT2D eigenvalue weighted by Gasteiger charge is 2.30. The van der Waals surface area contributed by atoms with E-state index in [0.717, 1.165) is 35.9 Å². The van der Waals surface area contributed by atoms with Gasteiger partial charge in [-0.2, -0.15) is 0 Å². The van der Waals surface area contributed by atoms with Gasteiger partial charge in [-0.3, -0.25) is 4.79 Å². The number of likely N-dealkylation sites (tertiary alicyclic amines) is 1. The van der Waals surface area contributed by atoms with Gasteiger partial charge in [0.15, 0.2) is 10.0 Å². The average molecular weight is 434 g/mol. The first-order valence-electron chi connectivity index (χ1n) is 9.91. The largest absolute Gasteiger partial charge is 0.476 e. The van der Waals surface area contributed by atoms with Crippen molar-refractivity contribution in [2.24, 2.45) is 0 Å². The number of carboxylic acids is 1. The molecule has 2 unspecified atom stereocenters. The molecule has 1 aliphatic rings. The van der Waals surface area contributed by atoms with Gasteiger partial charge in [0.25, 0.3) is 0 Å². The Morgan fingerprint density at radius 3 is 2.93 bits per heavy atom. The SMILES string of the molecule is CC(CCc1ccccc1)NCC1CCC(=O)N1CCSc1nc(C(=O)O)cs1. The van der Waals surface area contributed by atoms with E-state index >= 15 is 0 Å². The van der Waals surface area contributed by atoms with E-state index in [4.69, 9.17) is 5.11 Å². The summed E-state index contributed by atoms with van der Waals surface area (Å²) in [4.78, 5) is 29.2. The highest BCUT2D eigenvalue weighted by Crippen LogP contribution is 2.25. The van der Waals surface area contributed by atoms with Crippen LogP contribution in [0.1, 0.15) is 42.2 Å². The summed E-state index contributed by atoms with van der Waals surface area (Å²) in [6.07, 6.45) is 3.61. The predicted molar refractivity (Wildman–Crippen MR) is 117 cm³/mol. The number of benzene rings is 1. The van der Waals surface area contributed by atoms with Gasteiger partial charge in [-0.05, 0) is 31.7 Å². The normalized spacial score (nSPS) is 17.6. The number of nitrogens with zero attached hydrogens (tertiary/aromatic N) is 2. The monoisotopic (exact) mass is 433 g/mol. The zero-order valence-corrected chi connectivity index (χ0v) is 18.2. The molecule has 1 aromatic carbocycles.